The Kier molecular flexibility index (Phi) is 6.49. The van der Waals surface area contributed by atoms with Crippen molar-refractivity contribution in [2.75, 3.05) is 6.61 Å². The maximum Gasteiger partial charge on any atom is 0.251 e. The van der Waals surface area contributed by atoms with Crippen molar-refractivity contribution in [1.82, 2.24) is 10.6 Å². The van der Waals surface area contributed by atoms with E-state index < -0.39 is 0 Å². The molecule has 0 atom stereocenters. The van der Waals surface area contributed by atoms with E-state index in [-0.39, 0.29) is 35.4 Å². The molecule has 0 aromatic heterocycles. The van der Waals surface area contributed by atoms with Gasteiger partial charge in [-0.25, -0.2) is 0 Å². The van der Waals surface area contributed by atoms with Crippen molar-refractivity contribution in [3.63, 3.8) is 0 Å². The highest BCUT2D eigenvalue weighted by molar-refractivity contribution is 5.94. The molecule has 23 heavy (non-hydrogen) atoms. The van der Waals surface area contributed by atoms with E-state index in [0.717, 1.165) is 18.6 Å². The monoisotopic (exact) mass is 340 g/mol. The van der Waals surface area contributed by atoms with Crippen LogP contribution < -0.4 is 15.4 Å². The van der Waals surface area contributed by atoms with Gasteiger partial charge in [0.15, 0.2) is 0 Å². The minimum Gasteiger partial charge on any atom is -0.494 e. The van der Waals surface area contributed by atoms with E-state index in [0.29, 0.717) is 12.2 Å². The Hall–Kier alpha value is -1.26. The summed E-state index contributed by atoms with van der Waals surface area (Å²) in [4.78, 5) is 12.4. The third-order valence-corrected chi connectivity index (χ3v) is 3.95. The SMILES string of the molecule is CCOc1ccc(C(=O)NC2CC(C)(C)NC(C)(C)C2)cc1.Cl. The van der Waals surface area contributed by atoms with Crippen LogP contribution in [0.3, 0.4) is 0 Å². The molecule has 0 aliphatic carbocycles. The Morgan fingerprint density at radius 2 is 1.70 bits per heavy atom. The molecule has 1 aromatic carbocycles. The Morgan fingerprint density at radius 1 is 1.17 bits per heavy atom. The molecule has 2 N–H and O–H groups in total. The number of carbonyl (C=O) groups excluding carboxylic acids is 1. The molecule has 1 amide bonds. The highest BCUT2D eigenvalue weighted by atomic mass is 35.5. The maximum atomic E-state index is 12.4. The number of carbonyl (C=O) groups is 1. The smallest absolute Gasteiger partial charge is 0.251 e. The summed E-state index contributed by atoms with van der Waals surface area (Å²) < 4.78 is 5.41. The number of benzene rings is 1. The van der Waals surface area contributed by atoms with E-state index in [4.69, 9.17) is 4.74 Å². The number of hydrogen-bond acceptors (Lipinski definition) is 3. The van der Waals surface area contributed by atoms with Crippen molar-refractivity contribution >= 4 is 18.3 Å². The van der Waals surface area contributed by atoms with Gasteiger partial charge in [0, 0.05) is 22.7 Å². The molecule has 0 radical (unpaired) electrons. The van der Waals surface area contributed by atoms with Crippen molar-refractivity contribution in [2.24, 2.45) is 0 Å². The van der Waals surface area contributed by atoms with E-state index in [1.165, 1.54) is 0 Å². The predicted molar refractivity (Wildman–Crippen MR) is 96.6 cm³/mol. The second kappa shape index (κ2) is 7.54. The van der Waals surface area contributed by atoms with Crippen LogP contribution in [0.25, 0.3) is 0 Å². The van der Waals surface area contributed by atoms with Gasteiger partial charge >= 0.3 is 0 Å². The van der Waals surface area contributed by atoms with E-state index in [1.54, 1.807) is 0 Å². The van der Waals surface area contributed by atoms with Gasteiger partial charge in [-0.2, -0.15) is 0 Å². The Labute approximate surface area is 145 Å². The average Bonchev–Trinajstić information content (AvgIpc) is 2.36. The molecule has 0 bridgehead atoms. The molecule has 130 valence electrons. The molecule has 1 saturated heterocycles. The third kappa shape index (κ3) is 5.70. The fourth-order valence-electron chi connectivity index (χ4n) is 3.56. The van der Waals surface area contributed by atoms with E-state index >= 15 is 0 Å². The normalized spacial score (nSPS) is 19.5. The largest absolute Gasteiger partial charge is 0.494 e. The van der Waals surface area contributed by atoms with Gasteiger partial charge in [-0.05, 0) is 71.7 Å². The summed E-state index contributed by atoms with van der Waals surface area (Å²) >= 11 is 0. The van der Waals surface area contributed by atoms with Crippen molar-refractivity contribution in [3.05, 3.63) is 29.8 Å². The molecule has 5 heteroatoms. The van der Waals surface area contributed by atoms with Crippen LogP contribution >= 0.6 is 12.4 Å². The first kappa shape index (κ1) is 19.8. The summed E-state index contributed by atoms with van der Waals surface area (Å²) in [6.07, 6.45) is 1.86. The molecule has 1 aromatic rings. The lowest BCUT2D eigenvalue weighted by atomic mass is 9.79. The number of ether oxygens (including phenoxy) is 1. The van der Waals surface area contributed by atoms with E-state index in [2.05, 4.69) is 38.3 Å². The van der Waals surface area contributed by atoms with E-state index in [1.807, 2.05) is 31.2 Å². The number of piperidine rings is 1. The fraction of sp³-hybridized carbons (Fsp3) is 0.611. The molecule has 2 rings (SSSR count). The van der Waals surface area contributed by atoms with Gasteiger partial charge in [-0.15, -0.1) is 12.4 Å². The molecule has 0 unspecified atom stereocenters. The maximum absolute atomic E-state index is 12.4. The van der Waals surface area contributed by atoms with Crippen molar-refractivity contribution in [2.45, 2.75) is 64.6 Å². The number of amides is 1. The first-order chi connectivity index (χ1) is 10.2. The molecule has 4 nitrogen and oxygen atoms in total. The van der Waals surface area contributed by atoms with Crippen LogP contribution in [0.15, 0.2) is 24.3 Å². The highest BCUT2D eigenvalue weighted by Crippen LogP contribution is 2.28. The molecule has 0 saturated carbocycles. The highest BCUT2D eigenvalue weighted by Gasteiger charge is 2.38. The first-order valence-corrected chi connectivity index (χ1v) is 8.04. The van der Waals surface area contributed by atoms with Crippen molar-refractivity contribution in [1.29, 1.82) is 0 Å². The number of hydrogen-bond donors (Lipinski definition) is 2. The van der Waals surface area contributed by atoms with Crippen LogP contribution in [-0.2, 0) is 0 Å². The summed E-state index contributed by atoms with van der Waals surface area (Å²) in [6.45, 7) is 11.3. The van der Waals surface area contributed by atoms with Crippen LogP contribution in [-0.4, -0.2) is 29.6 Å². The molecular formula is C18H29ClN2O2. The zero-order valence-corrected chi connectivity index (χ0v) is 15.5. The molecule has 1 aliphatic heterocycles. The van der Waals surface area contributed by atoms with Gasteiger partial charge in [0.05, 0.1) is 6.61 Å². The average molecular weight is 341 g/mol. The van der Waals surface area contributed by atoms with Crippen LogP contribution in [0.5, 0.6) is 5.75 Å². The van der Waals surface area contributed by atoms with Crippen LogP contribution in [0.1, 0.15) is 57.8 Å². The van der Waals surface area contributed by atoms with Gasteiger partial charge in [0.1, 0.15) is 5.75 Å². The van der Waals surface area contributed by atoms with Gasteiger partial charge in [-0.1, -0.05) is 0 Å². The molecule has 0 spiro atoms. The zero-order chi connectivity index (χ0) is 16.4. The molecule has 1 aliphatic rings. The Bertz CT molecular complexity index is 510. The number of nitrogens with one attached hydrogen (secondary N) is 2. The van der Waals surface area contributed by atoms with Crippen LogP contribution in [0.4, 0.5) is 0 Å². The predicted octanol–water partition coefficient (Wildman–Crippen LogP) is 3.55. The summed E-state index contributed by atoms with van der Waals surface area (Å²) in [5, 5.41) is 6.81. The minimum absolute atomic E-state index is 0. The minimum atomic E-state index is -0.0125. The first-order valence-electron chi connectivity index (χ1n) is 8.04. The van der Waals surface area contributed by atoms with Gasteiger partial charge < -0.3 is 15.4 Å². The Balaban J connectivity index is 0.00000264. The van der Waals surface area contributed by atoms with Crippen LogP contribution in [0, 0.1) is 0 Å². The third-order valence-electron chi connectivity index (χ3n) is 3.95. The number of halogens is 1. The standard InChI is InChI=1S/C18H28N2O2.ClH/c1-6-22-15-9-7-13(8-10-15)16(21)19-14-11-17(2,3)20-18(4,5)12-14;/h7-10,14,20H,6,11-12H2,1-5H3,(H,19,21);1H. The summed E-state index contributed by atoms with van der Waals surface area (Å²) in [5.41, 5.74) is 0.731. The lowest BCUT2D eigenvalue weighted by molar-refractivity contribution is 0.0873. The molecule has 1 fully saturated rings. The summed E-state index contributed by atoms with van der Waals surface area (Å²) in [5.74, 6) is 0.782. The van der Waals surface area contributed by atoms with Crippen LogP contribution in [0.2, 0.25) is 0 Å². The van der Waals surface area contributed by atoms with Gasteiger partial charge in [0.25, 0.3) is 5.91 Å². The summed E-state index contributed by atoms with van der Waals surface area (Å²) in [7, 11) is 0. The van der Waals surface area contributed by atoms with Crippen molar-refractivity contribution < 1.29 is 9.53 Å². The van der Waals surface area contributed by atoms with Gasteiger partial charge in [-0.3, -0.25) is 4.79 Å². The fourth-order valence-corrected chi connectivity index (χ4v) is 3.56. The van der Waals surface area contributed by atoms with E-state index in [9.17, 15) is 4.79 Å². The second-order valence-electron chi connectivity index (χ2n) is 7.43. The molecule has 1 heterocycles. The second-order valence-corrected chi connectivity index (χ2v) is 7.43. The number of rotatable bonds is 4. The zero-order valence-electron chi connectivity index (χ0n) is 14.7. The quantitative estimate of drug-likeness (QED) is 0.881. The Morgan fingerprint density at radius 3 is 2.17 bits per heavy atom. The lowest BCUT2D eigenvalue weighted by Crippen LogP contribution is -2.62. The van der Waals surface area contributed by atoms with Crippen molar-refractivity contribution in [3.8, 4) is 5.75 Å². The molecular weight excluding hydrogens is 312 g/mol. The lowest BCUT2D eigenvalue weighted by Gasteiger charge is -2.46. The summed E-state index contributed by atoms with van der Waals surface area (Å²) in [6, 6.07) is 7.50. The topological polar surface area (TPSA) is 50.4 Å². The van der Waals surface area contributed by atoms with Gasteiger partial charge in [0.2, 0.25) is 0 Å².